The SMILES string of the molecule is CN=Cc1cc(C=NC)cc(/C=C/c2ccc(OC)cc2)c1. The molecule has 0 amide bonds. The molecular formula is C19H20N2O. The zero-order valence-corrected chi connectivity index (χ0v) is 13.2. The van der Waals surface area contributed by atoms with Crippen molar-refractivity contribution in [2.45, 2.75) is 0 Å². The molecule has 0 aliphatic carbocycles. The molecule has 0 N–H and O–H groups in total. The van der Waals surface area contributed by atoms with Gasteiger partial charge in [0.25, 0.3) is 0 Å². The first-order valence-corrected chi connectivity index (χ1v) is 7.06. The van der Waals surface area contributed by atoms with Crippen molar-refractivity contribution in [2.75, 3.05) is 21.2 Å². The number of hydrogen-bond donors (Lipinski definition) is 0. The van der Waals surface area contributed by atoms with E-state index in [-0.39, 0.29) is 0 Å². The summed E-state index contributed by atoms with van der Waals surface area (Å²) in [6, 6.07) is 14.2. The number of benzene rings is 2. The van der Waals surface area contributed by atoms with Gasteiger partial charge >= 0.3 is 0 Å². The molecule has 0 atom stereocenters. The van der Waals surface area contributed by atoms with Crippen LogP contribution < -0.4 is 4.74 Å². The second-order valence-corrected chi connectivity index (χ2v) is 4.81. The topological polar surface area (TPSA) is 34.0 Å². The molecule has 0 radical (unpaired) electrons. The van der Waals surface area contributed by atoms with E-state index in [1.807, 2.05) is 36.7 Å². The Kier molecular flexibility index (Phi) is 5.66. The highest BCUT2D eigenvalue weighted by Gasteiger charge is 1.97. The van der Waals surface area contributed by atoms with Gasteiger partial charge in [-0.05, 0) is 52.6 Å². The average molecular weight is 292 g/mol. The average Bonchev–Trinajstić information content (AvgIpc) is 2.54. The minimum atomic E-state index is 0.861. The number of aliphatic imine (C=N–C) groups is 2. The Morgan fingerprint density at radius 1 is 0.727 bits per heavy atom. The third-order valence-electron chi connectivity index (χ3n) is 3.14. The van der Waals surface area contributed by atoms with E-state index in [9.17, 15) is 0 Å². The third-order valence-corrected chi connectivity index (χ3v) is 3.14. The van der Waals surface area contributed by atoms with E-state index in [0.29, 0.717) is 0 Å². The molecule has 112 valence electrons. The summed E-state index contributed by atoms with van der Waals surface area (Å²) < 4.78 is 5.16. The molecule has 0 saturated carbocycles. The van der Waals surface area contributed by atoms with Crippen molar-refractivity contribution in [1.29, 1.82) is 0 Å². The molecule has 0 bridgehead atoms. The van der Waals surface area contributed by atoms with Gasteiger partial charge in [0, 0.05) is 26.5 Å². The van der Waals surface area contributed by atoms with Crippen molar-refractivity contribution < 1.29 is 4.74 Å². The quantitative estimate of drug-likeness (QED) is 0.606. The van der Waals surface area contributed by atoms with Gasteiger partial charge in [0.15, 0.2) is 0 Å². The van der Waals surface area contributed by atoms with Crippen LogP contribution >= 0.6 is 0 Å². The van der Waals surface area contributed by atoms with Crippen molar-refractivity contribution in [3.05, 3.63) is 64.7 Å². The fraction of sp³-hybridized carbons (Fsp3) is 0.158. The highest BCUT2D eigenvalue weighted by Crippen LogP contribution is 2.15. The Morgan fingerprint density at radius 2 is 1.23 bits per heavy atom. The summed E-state index contributed by atoms with van der Waals surface area (Å²) in [4.78, 5) is 8.16. The summed E-state index contributed by atoms with van der Waals surface area (Å²) in [7, 11) is 5.21. The highest BCUT2D eigenvalue weighted by atomic mass is 16.5. The fourth-order valence-electron chi connectivity index (χ4n) is 2.15. The molecule has 0 saturated heterocycles. The van der Waals surface area contributed by atoms with Crippen LogP contribution in [0.1, 0.15) is 22.3 Å². The molecule has 2 aromatic rings. The molecule has 3 heteroatoms. The standard InChI is InChI=1S/C19H20N2O/c1-20-13-17-10-16(11-18(12-17)14-21-2)5-4-15-6-8-19(22-3)9-7-15/h4-14H,1-3H3/b5-4+,20-13?,21-14?. The molecule has 0 unspecified atom stereocenters. The van der Waals surface area contributed by atoms with Gasteiger partial charge in [-0.3, -0.25) is 9.98 Å². The molecular weight excluding hydrogens is 272 g/mol. The van der Waals surface area contributed by atoms with Gasteiger partial charge in [0.05, 0.1) is 7.11 Å². The van der Waals surface area contributed by atoms with Crippen LogP contribution in [0.5, 0.6) is 5.75 Å². The van der Waals surface area contributed by atoms with E-state index in [4.69, 9.17) is 4.74 Å². The summed E-state index contributed by atoms with van der Waals surface area (Å²) in [6.07, 6.45) is 7.85. The second kappa shape index (κ2) is 7.93. The number of ether oxygens (including phenoxy) is 1. The van der Waals surface area contributed by atoms with Crippen molar-refractivity contribution >= 4 is 24.6 Å². The van der Waals surface area contributed by atoms with Crippen LogP contribution in [-0.2, 0) is 0 Å². The van der Waals surface area contributed by atoms with E-state index >= 15 is 0 Å². The van der Waals surface area contributed by atoms with E-state index in [1.165, 1.54) is 0 Å². The van der Waals surface area contributed by atoms with Gasteiger partial charge in [0.2, 0.25) is 0 Å². The molecule has 2 aromatic carbocycles. The van der Waals surface area contributed by atoms with Crippen molar-refractivity contribution in [3.8, 4) is 5.75 Å². The predicted molar refractivity (Wildman–Crippen MR) is 95.4 cm³/mol. The molecule has 0 spiro atoms. The zero-order valence-electron chi connectivity index (χ0n) is 13.2. The maximum Gasteiger partial charge on any atom is 0.118 e. The maximum atomic E-state index is 5.16. The van der Waals surface area contributed by atoms with Crippen LogP contribution in [0.2, 0.25) is 0 Å². The van der Waals surface area contributed by atoms with Crippen LogP contribution in [0.3, 0.4) is 0 Å². The Morgan fingerprint density at radius 3 is 1.73 bits per heavy atom. The molecule has 3 nitrogen and oxygen atoms in total. The van der Waals surface area contributed by atoms with Crippen LogP contribution in [-0.4, -0.2) is 33.6 Å². The molecule has 0 fully saturated rings. The van der Waals surface area contributed by atoms with Crippen LogP contribution in [0.4, 0.5) is 0 Å². The smallest absolute Gasteiger partial charge is 0.118 e. The molecule has 0 heterocycles. The normalized spacial score (nSPS) is 11.8. The lowest BCUT2D eigenvalue weighted by Gasteiger charge is -2.02. The van der Waals surface area contributed by atoms with Gasteiger partial charge in [0.1, 0.15) is 5.75 Å². The van der Waals surface area contributed by atoms with Gasteiger partial charge < -0.3 is 4.74 Å². The monoisotopic (exact) mass is 292 g/mol. The van der Waals surface area contributed by atoms with E-state index in [1.54, 1.807) is 21.2 Å². The molecule has 22 heavy (non-hydrogen) atoms. The summed E-state index contributed by atoms with van der Waals surface area (Å²) in [6.45, 7) is 0. The van der Waals surface area contributed by atoms with Crippen LogP contribution in [0.25, 0.3) is 12.2 Å². The first kappa shape index (κ1) is 15.7. The van der Waals surface area contributed by atoms with Crippen molar-refractivity contribution in [2.24, 2.45) is 9.98 Å². The third kappa shape index (κ3) is 4.42. The van der Waals surface area contributed by atoms with E-state index in [0.717, 1.165) is 28.0 Å². The zero-order chi connectivity index (χ0) is 15.8. The first-order chi connectivity index (χ1) is 10.7. The van der Waals surface area contributed by atoms with Crippen molar-refractivity contribution in [1.82, 2.24) is 0 Å². The fourth-order valence-corrected chi connectivity index (χ4v) is 2.15. The van der Waals surface area contributed by atoms with E-state index in [2.05, 4.69) is 40.3 Å². The summed E-state index contributed by atoms with van der Waals surface area (Å²) >= 11 is 0. The lowest BCUT2D eigenvalue weighted by molar-refractivity contribution is 0.415. The maximum absolute atomic E-state index is 5.16. The summed E-state index contributed by atoms with van der Waals surface area (Å²) in [5.74, 6) is 0.861. The Bertz CT molecular complexity index is 668. The largest absolute Gasteiger partial charge is 0.497 e. The lowest BCUT2D eigenvalue weighted by Crippen LogP contribution is -1.89. The number of methoxy groups -OCH3 is 1. The van der Waals surface area contributed by atoms with E-state index < -0.39 is 0 Å². The van der Waals surface area contributed by atoms with Gasteiger partial charge in [-0.15, -0.1) is 0 Å². The van der Waals surface area contributed by atoms with Gasteiger partial charge in [-0.25, -0.2) is 0 Å². The van der Waals surface area contributed by atoms with Gasteiger partial charge in [-0.2, -0.15) is 0 Å². The van der Waals surface area contributed by atoms with Crippen LogP contribution in [0.15, 0.2) is 52.4 Å². The Hall–Kier alpha value is -2.68. The predicted octanol–water partition coefficient (Wildman–Crippen LogP) is 3.96. The minimum absolute atomic E-state index is 0.861. The molecule has 0 aliphatic heterocycles. The second-order valence-electron chi connectivity index (χ2n) is 4.81. The number of rotatable bonds is 5. The highest BCUT2D eigenvalue weighted by molar-refractivity contribution is 5.88. The lowest BCUT2D eigenvalue weighted by atomic mass is 10.1. The molecule has 0 aromatic heterocycles. The molecule has 2 rings (SSSR count). The Labute approximate surface area is 131 Å². The molecule has 0 aliphatic rings. The number of nitrogens with zero attached hydrogens (tertiary/aromatic N) is 2. The van der Waals surface area contributed by atoms with Gasteiger partial charge in [-0.1, -0.05) is 24.3 Å². The summed E-state index contributed by atoms with van der Waals surface area (Å²) in [5, 5.41) is 0. The first-order valence-electron chi connectivity index (χ1n) is 7.06. The Balaban J connectivity index is 2.28. The number of hydrogen-bond acceptors (Lipinski definition) is 3. The van der Waals surface area contributed by atoms with Crippen LogP contribution in [0, 0.1) is 0 Å². The van der Waals surface area contributed by atoms with Crippen molar-refractivity contribution in [3.63, 3.8) is 0 Å². The minimum Gasteiger partial charge on any atom is -0.497 e. The summed E-state index contributed by atoms with van der Waals surface area (Å²) in [5.41, 5.74) is 4.37.